The van der Waals surface area contributed by atoms with Crippen molar-refractivity contribution in [2.45, 2.75) is 25.3 Å². The number of guanidine groups is 1. The van der Waals surface area contributed by atoms with Crippen molar-refractivity contribution in [3.05, 3.63) is 59.2 Å². The van der Waals surface area contributed by atoms with Gasteiger partial charge in [-0.3, -0.25) is 0 Å². The van der Waals surface area contributed by atoms with E-state index in [-0.39, 0.29) is 36.3 Å². The zero-order chi connectivity index (χ0) is 21.4. The van der Waals surface area contributed by atoms with Gasteiger partial charge >= 0.3 is 0 Å². The second-order valence-corrected chi connectivity index (χ2v) is 8.40. The number of nitrogens with zero attached hydrogens (tertiary/aromatic N) is 1. The highest BCUT2D eigenvalue weighted by Gasteiger charge is 2.11. The molecule has 0 spiro atoms. The quantitative estimate of drug-likeness (QED) is 0.227. The van der Waals surface area contributed by atoms with Crippen LogP contribution in [0.3, 0.4) is 0 Å². The first kappa shape index (κ1) is 26.1. The molecule has 2 aromatic carbocycles. The Hall–Kier alpha value is -1.95. The molecule has 0 bridgehead atoms. The molecule has 0 aliphatic heterocycles. The minimum absolute atomic E-state index is 0. The van der Waals surface area contributed by atoms with Crippen molar-refractivity contribution in [1.29, 1.82) is 0 Å². The average Bonchev–Trinajstić information content (AvgIpc) is 2.63. The van der Waals surface area contributed by atoms with Crippen LogP contribution < -0.4 is 15.4 Å². The van der Waals surface area contributed by atoms with E-state index in [1.165, 1.54) is 12.3 Å². The van der Waals surface area contributed by atoms with Crippen molar-refractivity contribution in [2.24, 2.45) is 4.99 Å². The highest BCUT2D eigenvalue weighted by atomic mass is 127. The fourth-order valence-electron chi connectivity index (χ4n) is 2.66. The molecule has 2 aromatic rings. The number of hydrogen-bond donors (Lipinski definition) is 2. The Kier molecular flexibility index (Phi) is 10.5. The van der Waals surface area contributed by atoms with Gasteiger partial charge in [-0.1, -0.05) is 12.1 Å². The van der Waals surface area contributed by atoms with Crippen LogP contribution in [0.5, 0.6) is 5.75 Å². The first-order valence-electron chi connectivity index (χ1n) is 9.10. The average molecular weight is 553 g/mol. The monoisotopic (exact) mass is 553 g/mol. The van der Waals surface area contributed by atoms with E-state index in [2.05, 4.69) is 15.6 Å². The van der Waals surface area contributed by atoms with E-state index in [0.717, 1.165) is 17.7 Å². The minimum Gasteiger partial charge on any atom is -0.489 e. The van der Waals surface area contributed by atoms with Crippen LogP contribution in [-0.4, -0.2) is 40.3 Å². The van der Waals surface area contributed by atoms with Crippen molar-refractivity contribution >= 4 is 39.8 Å². The van der Waals surface area contributed by atoms with Crippen LogP contribution in [0.2, 0.25) is 0 Å². The van der Waals surface area contributed by atoms with Gasteiger partial charge in [-0.15, -0.1) is 24.0 Å². The van der Waals surface area contributed by atoms with Gasteiger partial charge in [0.15, 0.2) is 27.4 Å². The molecule has 0 heterocycles. The van der Waals surface area contributed by atoms with E-state index in [0.29, 0.717) is 36.1 Å². The third-order valence-corrected chi connectivity index (χ3v) is 5.21. The Labute approximate surface area is 193 Å². The first-order chi connectivity index (χ1) is 13.7. The first-order valence-corrected chi connectivity index (χ1v) is 11.0. The molecule has 0 aliphatic rings. The molecule has 6 nitrogen and oxygen atoms in total. The molecular formula is C20H26F2IN3O3S. The second-order valence-electron chi connectivity index (χ2n) is 6.42. The van der Waals surface area contributed by atoms with Crippen LogP contribution in [0.25, 0.3) is 0 Å². The van der Waals surface area contributed by atoms with Gasteiger partial charge in [-0.25, -0.2) is 22.2 Å². The lowest BCUT2D eigenvalue weighted by atomic mass is 10.1. The van der Waals surface area contributed by atoms with Crippen LogP contribution in [0, 0.1) is 18.6 Å². The normalized spacial score (nSPS) is 11.6. The van der Waals surface area contributed by atoms with Crippen LogP contribution in [0.4, 0.5) is 8.78 Å². The number of sulfone groups is 1. The summed E-state index contributed by atoms with van der Waals surface area (Å²) in [6, 6.07) is 8.26. The molecule has 166 valence electrons. The molecule has 0 saturated carbocycles. The summed E-state index contributed by atoms with van der Waals surface area (Å²) in [5.74, 6) is -0.884. The maximum atomic E-state index is 13.5. The van der Waals surface area contributed by atoms with Gasteiger partial charge in [-0.05, 0) is 43.2 Å². The number of benzene rings is 2. The fraction of sp³-hybridized carbons (Fsp3) is 0.350. The molecule has 0 amide bonds. The number of aliphatic imine (C=N–C) groups is 1. The van der Waals surface area contributed by atoms with Gasteiger partial charge in [0, 0.05) is 18.9 Å². The molecule has 0 saturated heterocycles. The van der Waals surface area contributed by atoms with Crippen molar-refractivity contribution in [3.8, 4) is 5.75 Å². The summed E-state index contributed by atoms with van der Waals surface area (Å²) in [5.41, 5.74) is 1.55. The Bertz CT molecular complexity index is 985. The van der Waals surface area contributed by atoms with E-state index in [9.17, 15) is 17.2 Å². The number of rotatable bonds is 8. The molecule has 10 heteroatoms. The highest BCUT2D eigenvalue weighted by Crippen LogP contribution is 2.18. The number of hydrogen-bond acceptors (Lipinski definition) is 4. The molecule has 30 heavy (non-hydrogen) atoms. The van der Waals surface area contributed by atoms with E-state index >= 15 is 0 Å². The second kappa shape index (κ2) is 12.0. The Morgan fingerprint density at radius 1 is 1.13 bits per heavy atom. The lowest BCUT2D eigenvalue weighted by Crippen LogP contribution is -2.39. The molecule has 2 N–H and O–H groups in total. The standard InChI is InChI=1S/C20H25F2N3O3S.HI/c1-4-23-20(24-9-10-28-18-7-6-16(21)12-17(18)22)25-13-15-5-8-19(14(2)11-15)29(3,26)27;/h5-8,11-12H,4,9-10,13H2,1-3H3,(H2,23,24,25);1H. The third kappa shape index (κ3) is 8.05. The number of nitrogens with one attached hydrogen (secondary N) is 2. The van der Waals surface area contributed by atoms with Crippen molar-refractivity contribution in [1.82, 2.24) is 10.6 Å². The van der Waals surface area contributed by atoms with Crippen molar-refractivity contribution < 1.29 is 21.9 Å². The lowest BCUT2D eigenvalue weighted by molar-refractivity contribution is 0.304. The summed E-state index contributed by atoms with van der Waals surface area (Å²) in [6.07, 6.45) is 1.18. The van der Waals surface area contributed by atoms with E-state index in [1.807, 2.05) is 6.92 Å². The summed E-state index contributed by atoms with van der Waals surface area (Å²) in [4.78, 5) is 4.76. The molecular weight excluding hydrogens is 527 g/mol. The van der Waals surface area contributed by atoms with Crippen LogP contribution >= 0.6 is 24.0 Å². The van der Waals surface area contributed by atoms with E-state index < -0.39 is 21.5 Å². The number of halogens is 3. The topological polar surface area (TPSA) is 79.8 Å². The predicted octanol–water partition coefficient (Wildman–Crippen LogP) is 3.43. The smallest absolute Gasteiger partial charge is 0.191 e. The molecule has 0 radical (unpaired) electrons. The molecule has 0 fully saturated rings. The Morgan fingerprint density at radius 3 is 2.47 bits per heavy atom. The zero-order valence-electron chi connectivity index (χ0n) is 17.0. The van der Waals surface area contributed by atoms with Crippen LogP contribution in [-0.2, 0) is 16.4 Å². The van der Waals surface area contributed by atoms with Gasteiger partial charge in [0.2, 0.25) is 0 Å². The highest BCUT2D eigenvalue weighted by molar-refractivity contribution is 14.0. The Morgan fingerprint density at radius 2 is 1.87 bits per heavy atom. The fourth-order valence-corrected chi connectivity index (χ4v) is 3.62. The van der Waals surface area contributed by atoms with Crippen LogP contribution in [0.15, 0.2) is 46.3 Å². The van der Waals surface area contributed by atoms with Crippen LogP contribution in [0.1, 0.15) is 18.1 Å². The van der Waals surface area contributed by atoms with Gasteiger partial charge < -0.3 is 15.4 Å². The summed E-state index contributed by atoms with van der Waals surface area (Å²) in [6.45, 7) is 5.19. The predicted molar refractivity (Wildman–Crippen MR) is 124 cm³/mol. The Balaban J connectivity index is 0.00000450. The summed E-state index contributed by atoms with van der Waals surface area (Å²) < 4.78 is 55.1. The molecule has 2 rings (SSSR count). The maximum absolute atomic E-state index is 13.5. The molecule has 0 unspecified atom stereocenters. The molecule has 0 atom stereocenters. The molecule has 0 aliphatic carbocycles. The largest absolute Gasteiger partial charge is 0.489 e. The zero-order valence-corrected chi connectivity index (χ0v) is 20.2. The van der Waals surface area contributed by atoms with Crippen molar-refractivity contribution in [2.75, 3.05) is 26.0 Å². The maximum Gasteiger partial charge on any atom is 0.191 e. The van der Waals surface area contributed by atoms with Crippen molar-refractivity contribution in [3.63, 3.8) is 0 Å². The van der Waals surface area contributed by atoms with Gasteiger partial charge in [0.1, 0.15) is 12.4 Å². The third-order valence-electron chi connectivity index (χ3n) is 3.95. The number of ether oxygens (including phenoxy) is 1. The number of aryl methyl sites for hydroxylation is 1. The van der Waals surface area contributed by atoms with Gasteiger partial charge in [0.25, 0.3) is 0 Å². The molecule has 0 aromatic heterocycles. The van der Waals surface area contributed by atoms with Gasteiger partial charge in [-0.2, -0.15) is 0 Å². The van der Waals surface area contributed by atoms with E-state index in [1.54, 1.807) is 25.1 Å². The van der Waals surface area contributed by atoms with E-state index in [4.69, 9.17) is 4.74 Å². The summed E-state index contributed by atoms with van der Waals surface area (Å²) >= 11 is 0. The SMILES string of the molecule is CCNC(=NCc1ccc(S(C)(=O)=O)c(C)c1)NCCOc1ccc(F)cc1F.I. The van der Waals surface area contributed by atoms with Gasteiger partial charge in [0.05, 0.1) is 18.0 Å². The summed E-state index contributed by atoms with van der Waals surface area (Å²) in [7, 11) is -3.26. The minimum atomic E-state index is -3.26. The lowest BCUT2D eigenvalue weighted by Gasteiger charge is -2.13. The summed E-state index contributed by atoms with van der Waals surface area (Å²) in [5, 5.41) is 6.15.